The number of anilines is 2. The van der Waals surface area contributed by atoms with Gasteiger partial charge in [0.2, 0.25) is 5.95 Å². The zero-order valence-electron chi connectivity index (χ0n) is 13.7. The molecule has 2 aromatic heterocycles. The van der Waals surface area contributed by atoms with E-state index in [2.05, 4.69) is 53.2 Å². The number of nitrogens with zero attached hydrogens (tertiary/aromatic N) is 4. The number of benzene rings is 1. The fourth-order valence-electron chi connectivity index (χ4n) is 2.29. The Morgan fingerprint density at radius 3 is 2.57 bits per heavy atom. The fourth-order valence-corrected chi connectivity index (χ4v) is 2.29. The zero-order chi connectivity index (χ0) is 16.4. The van der Waals surface area contributed by atoms with Gasteiger partial charge in [0.25, 0.3) is 0 Å². The first kappa shape index (κ1) is 15.3. The van der Waals surface area contributed by atoms with Crippen molar-refractivity contribution in [3.05, 3.63) is 42.2 Å². The molecular weight excluding hydrogens is 288 g/mol. The third kappa shape index (κ3) is 3.59. The molecule has 0 spiro atoms. The predicted octanol–water partition coefficient (Wildman–Crippen LogP) is 2.91. The minimum atomic E-state index is 0.136. The van der Waals surface area contributed by atoms with Crippen LogP contribution in [0.3, 0.4) is 0 Å². The number of fused-ring (bicyclic) bond motifs is 1. The van der Waals surface area contributed by atoms with E-state index in [0.29, 0.717) is 23.8 Å². The second-order valence-corrected chi connectivity index (χ2v) is 6.88. The van der Waals surface area contributed by atoms with Crippen molar-refractivity contribution in [2.24, 2.45) is 5.41 Å². The van der Waals surface area contributed by atoms with Crippen LogP contribution in [0.15, 0.2) is 36.7 Å². The minimum absolute atomic E-state index is 0.136. The molecule has 0 aliphatic carbocycles. The molecule has 6 heteroatoms. The third-order valence-corrected chi connectivity index (χ3v) is 3.46. The van der Waals surface area contributed by atoms with Crippen LogP contribution in [-0.2, 0) is 6.54 Å². The van der Waals surface area contributed by atoms with Crippen LogP contribution in [0.1, 0.15) is 26.3 Å². The van der Waals surface area contributed by atoms with E-state index in [9.17, 15) is 0 Å². The second-order valence-electron chi connectivity index (χ2n) is 6.88. The lowest BCUT2D eigenvalue weighted by Gasteiger charge is -2.18. The van der Waals surface area contributed by atoms with E-state index in [-0.39, 0.29) is 5.41 Å². The highest BCUT2D eigenvalue weighted by Crippen LogP contribution is 2.20. The molecule has 0 saturated carbocycles. The predicted molar refractivity (Wildman–Crippen MR) is 93.2 cm³/mol. The summed E-state index contributed by atoms with van der Waals surface area (Å²) < 4.78 is 1.99. The van der Waals surface area contributed by atoms with Crippen LogP contribution in [0.25, 0.3) is 11.2 Å². The zero-order valence-corrected chi connectivity index (χ0v) is 13.7. The number of aromatic nitrogens is 4. The normalized spacial score (nSPS) is 11.8. The molecule has 0 unspecified atom stereocenters. The fraction of sp³-hybridized carbons (Fsp3) is 0.353. The van der Waals surface area contributed by atoms with Gasteiger partial charge in [-0.2, -0.15) is 9.97 Å². The van der Waals surface area contributed by atoms with E-state index >= 15 is 0 Å². The Morgan fingerprint density at radius 2 is 1.87 bits per heavy atom. The highest BCUT2D eigenvalue weighted by atomic mass is 15.2. The summed E-state index contributed by atoms with van der Waals surface area (Å²) in [6.07, 6.45) is 1.76. The lowest BCUT2D eigenvalue weighted by Crippen LogP contribution is -2.20. The Morgan fingerprint density at radius 1 is 1.13 bits per heavy atom. The lowest BCUT2D eigenvalue weighted by molar-refractivity contribution is 0.442. The second kappa shape index (κ2) is 5.87. The van der Waals surface area contributed by atoms with Gasteiger partial charge in [0, 0.05) is 6.54 Å². The molecule has 0 atom stereocenters. The first-order valence-electron chi connectivity index (χ1n) is 7.68. The summed E-state index contributed by atoms with van der Waals surface area (Å²) in [4.78, 5) is 13.2. The number of hydrogen-bond donors (Lipinski definition) is 2. The van der Waals surface area contributed by atoms with E-state index in [1.165, 1.54) is 5.56 Å². The van der Waals surface area contributed by atoms with Crippen molar-refractivity contribution in [3.63, 3.8) is 0 Å². The molecule has 6 nitrogen and oxygen atoms in total. The molecule has 0 aliphatic heterocycles. The summed E-state index contributed by atoms with van der Waals surface area (Å²) in [5, 5.41) is 3.26. The van der Waals surface area contributed by atoms with Crippen molar-refractivity contribution in [3.8, 4) is 0 Å². The van der Waals surface area contributed by atoms with Gasteiger partial charge in [-0.3, -0.25) is 0 Å². The molecule has 3 aromatic rings. The Kier molecular flexibility index (Phi) is 3.90. The summed E-state index contributed by atoms with van der Waals surface area (Å²) in [7, 11) is 0. The third-order valence-electron chi connectivity index (χ3n) is 3.46. The molecule has 0 radical (unpaired) electrons. The molecule has 0 amide bonds. The van der Waals surface area contributed by atoms with Gasteiger partial charge in [-0.1, -0.05) is 51.1 Å². The number of nitrogens with two attached hydrogens (primary N) is 1. The topological polar surface area (TPSA) is 81.6 Å². The Bertz CT molecular complexity index is 801. The highest BCUT2D eigenvalue weighted by Gasteiger charge is 2.14. The molecule has 0 bridgehead atoms. The average molecular weight is 310 g/mol. The summed E-state index contributed by atoms with van der Waals surface area (Å²) in [6, 6.07) is 10.2. The smallest absolute Gasteiger partial charge is 0.226 e. The number of rotatable bonds is 4. The van der Waals surface area contributed by atoms with Gasteiger partial charge >= 0.3 is 0 Å². The van der Waals surface area contributed by atoms with Gasteiger partial charge in [0.15, 0.2) is 11.5 Å². The average Bonchev–Trinajstić information content (AvgIpc) is 2.89. The van der Waals surface area contributed by atoms with Crippen molar-refractivity contribution in [1.82, 2.24) is 19.5 Å². The van der Waals surface area contributed by atoms with Crippen LogP contribution in [0.2, 0.25) is 0 Å². The van der Waals surface area contributed by atoms with Crippen LogP contribution in [0.4, 0.5) is 11.8 Å². The number of imidazole rings is 1. The Hall–Kier alpha value is -2.63. The van der Waals surface area contributed by atoms with Gasteiger partial charge in [-0.05, 0) is 11.0 Å². The first-order chi connectivity index (χ1) is 10.9. The molecule has 2 heterocycles. The van der Waals surface area contributed by atoms with Gasteiger partial charge in [0.1, 0.15) is 5.52 Å². The largest absolute Gasteiger partial charge is 0.382 e. The maximum atomic E-state index is 6.04. The van der Waals surface area contributed by atoms with Crippen LogP contribution in [0, 0.1) is 5.41 Å². The van der Waals surface area contributed by atoms with Crippen molar-refractivity contribution < 1.29 is 0 Å². The summed E-state index contributed by atoms with van der Waals surface area (Å²) in [5.41, 5.74) is 8.75. The highest BCUT2D eigenvalue weighted by molar-refractivity contribution is 5.82. The quantitative estimate of drug-likeness (QED) is 0.774. The van der Waals surface area contributed by atoms with Crippen LogP contribution in [0.5, 0.6) is 0 Å². The van der Waals surface area contributed by atoms with Crippen LogP contribution >= 0.6 is 0 Å². The number of nitrogen functional groups attached to an aromatic ring is 1. The van der Waals surface area contributed by atoms with E-state index in [0.717, 1.165) is 12.2 Å². The van der Waals surface area contributed by atoms with E-state index < -0.39 is 0 Å². The number of hydrogen-bond acceptors (Lipinski definition) is 5. The monoisotopic (exact) mass is 310 g/mol. The Labute approximate surface area is 135 Å². The van der Waals surface area contributed by atoms with Crippen LogP contribution < -0.4 is 11.1 Å². The van der Waals surface area contributed by atoms with E-state index in [1.54, 1.807) is 6.33 Å². The Balaban J connectivity index is 1.92. The van der Waals surface area contributed by atoms with E-state index in [1.807, 2.05) is 22.8 Å². The molecule has 0 aliphatic rings. The SMILES string of the molecule is CC(C)(C)CNc1nc(N)c2ncn(Cc3ccccc3)c2n1. The van der Waals surface area contributed by atoms with Crippen molar-refractivity contribution >= 4 is 22.9 Å². The van der Waals surface area contributed by atoms with Gasteiger partial charge < -0.3 is 15.6 Å². The molecule has 1 aromatic carbocycles. The molecule has 0 saturated heterocycles. The maximum Gasteiger partial charge on any atom is 0.226 e. The molecule has 0 fully saturated rings. The summed E-state index contributed by atoms with van der Waals surface area (Å²) >= 11 is 0. The van der Waals surface area contributed by atoms with Crippen molar-refractivity contribution in [1.29, 1.82) is 0 Å². The molecular formula is C17H22N6. The van der Waals surface area contributed by atoms with Crippen LogP contribution in [-0.4, -0.2) is 26.1 Å². The standard InChI is InChI=1S/C17H22N6/c1-17(2,3)10-19-16-21-14(18)13-15(22-16)23(11-20-13)9-12-7-5-4-6-8-12/h4-8,11H,9-10H2,1-3H3,(H3,18,19,21,22). The van der Waals surface area contributed by atoms with Crippen molar-refractivity contribution in [2.45, 2.75) is 27.3 Å². The summed E-state index contributed by atoms with van der Waals surface area (Å²) in [5.74, 6) is 0.943. The molecule has 3 N–H and O–H groups in total. The summed E-state index contributed by atoms with van der Waals surface area (Å²) in [6.45, 7) is 7.93. The van der Waals surface area contributed by atoms with Crippen molar-refractivity contribution in [2.75, 3.05) is 17.6 Å². The van der Waals surface area contributed by atoms with Gasteiger partial charge in [-0.25, -0.2) is 4.98 Å². The number of nitrogens with one attached hydrogen (secondary N) is 1. The molecule has 23 heavy (non-hydrogen) atoms. The molecule has 3 rings (SSSR count). The maximum absolute atomic E-state index is 6.04. The minimum Gasteiger partial charge on any atom is -0.382 e. The molecule has 120 valence electrons. The van der Waals surface area contributed by atoms with Gasteiger partial charge in [-0.15, -0.1) is 0 Å². The lowest BCUT2D eigenvalue weighted by atomic mass is 9.97. The first-order valence-corrected chi connectivity index (χ1v) is 7.68. The van der Waals surface area contributed by atoms with E-state index in [4.69, 9.17) is 5.73 Å². The van der Waals surface area contributed by atoms with Gasteiger partial charge in [0.05, 0.1) is 12.9 Å².